The maximum atomic E-state index is 13.0. The number of aryl methyl sites for hydroxylation is 1. The van der Waals surface area contributed by atoms with E-state index in [0.717, 1.165) is 36.6 Å². The first-order valence-corrected chi connectivity index (χ1v) is 11.4. The number of hydrogen-bond acceptors (Lipinski definition) is 3. The van der Waals surface area contributed by atoms with Crippen LogP contribution in [0.1, 0.15) is 36.0 Å². The van der Waals surface area contributed by atoms with Crippen molar-refractivity contribution in [1.82, 2.24) is 8.87 Å². The first-order chi connectivity index (χ1) is 14.0. The molecule has 3 aromatic rings. The molecule has 1 N–H and O–H groups in total. The standard InChI is InChI=1S/C22H25N3O3S/c1-24-16-20(19-11-4-5-12-21(19)24)22(26)23-17-9-8-10-18(15-17)29(27,28)25-13-6-2-3-7-14-25/h4-5,8-12,15-16H,2-3,6-7,13-14H2,1H3,(H,23,26). The maximum Gasteiger partial charge on any atom is 0.257 e. The van der Waals surface area contributed by atoms with E-state index in [4.69, 9.17) is 0 Å². The van der Waals surface area contributed by atoms with Gasteiger partial charge >= 0.3 is 0 Å². The summed E-state index contributed by atoms with van der Waals surface area (Å²) in [4.78, 5) is 13.1. The highest BCUT2D eigenvalue weighted by atomic mass is 32.2. The molecule has 0 aliphatic carbocycles. The van der Waals surface area contributed by atoms with Gasteiger partial charge in [0, 0.05) is 42.9 Å². The average Bonchev–Trinajstić information content (AvgIpc) is 2.88. The number of benzene rings is 2. The molecule has 2 heterocycles. The van der Waals surface area contributed by atoms with Gasteiger partial charge in [-0.2, -0.15) is 4.31 Å². The smallest absolute Gasteiger partial charge is 0.257 e. The third kappa shape index (κ3) is 3.93. The van der Waals surface area contributed by atoms with Crippen LogP contribution in [-0.4, -0.2) is 36.3 Å². The predicted molar refractivity (Wildman–Crippen MR) is 115 cm³/mol. The lowest BCUT2D eigenvalue weighted by Gasteiger charge is -2.20. The minimum absolute atomic E-state index is 0.218. The largest absolute Gasteiger partial charge is 0.350 e. The second kappa shape index (κ2) is 8.00. The van der Waals surface area contributed by atoms with Crippen molar-refractivity contribution in [2.24, 2.45) is 7.05 Å². The Balaban J connectivity index is 1.59. The first-order valence-electron chi connectivity index (χ1n) is 9.92. The van der Waals surface area contributed by atoms with Crippen molar-refractivity contribution in [1.29, 1.82) is 0 Å². The maximum absolute atomic E-state index is 13.0. The molecule has 0 spiro atoms. The molecule has 0 bridgehead atoms. The zero-order valence-electron chi connectivity index (χ0n) is 16.5. The second-order valence-electron chi connectivity index (χ2n) is 7.47. The molecule has 1 aliphatic heterocycles. The van der Waals surface area contributed by atoms with Gasteiger partial charge in [0.2, 0.25) is 10.0 Å². The van der Waals surface area contributed by atoms with Crippen molar-refractivity contribution in [3.05, 3.63) is 60.3 Å². The van der Waals surface area contributed by atoms with E-state index in [2.05, 4.69) is 5.32 Å². The van der Waals surface area contributed by atoms with E-state index in [9.17, 15) is 13.2 Å². The number of carbonyl (C=O) groups excluding carboxylic acids is 1. The van der Waals surface area contributed by atoms with Gasteiger partial charge in [-0.25, -0.2) is 8.42 Å². The summed E-state index contributed by atoms with van der Waals surface area (Å²) in [6, 6.07) is 14.2. The molecule has 0 radical (unpaired) electrons. The number of nitrogens with one attached hydrogen (secondary N) is 1. The Hall–Kier alpha value is -2.64. The highest BCUT2D eigenvalue weighted by Gasteiger charge is 2.25. The molecule has 1 amide bonds. The topological polar surface area (TPSA) is 71.4 Å². The van der Waals surface area contributed by atoms with Gasteiger partial charge in [0.1, 0.15) is 0 Å². The van der Waals surface area contributed by atoms with E-state index < -0.39 is 10.0 Å². The summed E-state index contributed by atoms with van der Waals surface area (Å²) in [5.41, 5.74) is 2.00. The minimum atomic E-state index is -3.56. The molecule has 0 saturated carbocycles. The molecule has 1 aromatic heterocycles. The summed E-state index contributed by atoms with van der Waals surface area (Å²) in [6.07, 6.45) is 5.69. The third-order valence-corrected chi connectivity index (χ3v) is 7.33. The van der Waals surface area contributed by atoms with E-state index in [0.29, 0.717) is 24.3 Å². The average molecular weight is 412 g/mol. The fraction of sp³-hybridized carbons (Fsp3) is 0.318. The van der Waals surface area contributed by atoms with Crippen LogP contribution in [0.15, 0.2) is 59.6 Å². The highest BCUT2D eigenvalue weighted by molar-refractivity contribution is 7.89. The molecule has 7 heteroatoms. The van der Waals surface area contributed by atoms with Crippen LogP contribution in [0.5, 0.6) is 0 Å². The molecule has 2 aromatic carbocycles. The Kier molecular flexibility index (Phi) is 5.43. The number of carbonyl (C=O) groups is 1. The minimum Gasteiger partial charge on any atom is -0.350 e. The number of rotatable bonds is 4. The molecule has 4 rings (SSSR count). The number of sulfonamides is 1. The number of para-hydroxylation sites is 1. The van der Waals surface area contributed by atoms with Gasteiger partial charge in [-0.15, -0.1) is 0 Å². The summed E-state index contributed by atoms with van der Waals surface area (Å²) < 4.78 is 29.5. The van der Waals surface area contributed by atoms with Crippen LogP contribution < -0.4 is 5.32 Å². The predicted octanol–water partition coefficient (Wildman–Crippen LogP) is 4.00. The quantitative estimate of drug-likeness (QED) is 0.705. The van der Waals surface area contributed by atoms with Gasteiger partial charge in [-0.1, -0.05) is 37.1 Å². The lowest BCUT2D eigenvalue weighted by Crippen LogP contribution is -2.32. The van der Waals surface area contributed by atoms with Gasteiger partial charge in [-0.3, -0.25) is 4.79 Å². The lowest BCUT2D eigenvalue weighted by molar-refractivity contribution is 0.102. The van der Waals surface area contributed by atoms with Crippen molar-refractivity contribution in [3.63, 3.8) is 0 Å². The molecule has 0 unspecified atom stereocenters. The van der Waals surface area contributed by atoms with E-state index in [1.54, 1.807) is 34.8 Å². The summed E-state index contributed by atoms with van der Waals surface area (Å²) in [7, 11) is -1.66. The number of amides is 1. The lowest BCUT2D eigenvalue weighted by atomic mass is 10.1. The van der Waals surface area contributed by atoms with Gasteiger partial charge in [0.25, 0.3) is 5.91 Å². The SMILES string of the molecule is Cn1cc(C(=O)Nc2cccc(S(=O)(=O)N3CCCCCC3)c2)c2ccccc21. The monoisotopic (exact) mass is 411 g/mol. The molecule has 1 fully saturated rings. The highest BCUT2D eigenvalue weighted by Crippen LogP contribution is 2.25. The van der Waals surface area contributed by atoms with Gasteiger partial charge in [0.15, 0.2) is 0 Å². The Morgan fingerprint density at radius 2 is 1.69 bits per heavy atom. The van der Waals surface area contributed by atoms with Crippen molar-refractivity contribution in [2.45, 2.75) is 30.6 Å². The van der Waals surface area contributed by atoms with Crippen LogP contribution in [-0.2, 0) is 17.1 Å². The van der Waals surface area contributed by atoms with Crippen LogP contribution in [0.2, 0.25) is 0 Å². The van der Waals surface area contributed by atoms with Crippen molar-refractivity contribution < 1.29 is 13.2 Å². The third-order valence-electron chi connectivity index (χ3n) is 5.44. The van der Waals surface area contributed by atoms with Crippen LogP contribution in [0.25, 0.3) is 10.9 Å². The van der Waals surface area contributed by atoms with E-state index in [1.165, 1.54) is 0 Å². The molecular formula is C22H25N3O3S. The normalized spacial score (nSPS) is 15.9. The van der Waals surface area contributed by atoms with Crippen molar-refractivity contribution in [3.8, 4) is 0 Å². The molecule has 6 nitrogen and oxygen atoms in total. The van der Waals surface area contributed by atoms with Crippen LogP contribution in [0.4, 0.5) is 5.69 Å². The van der Waals surface area contributed by atoms with Crippen LogP contribution >= 0.6 is 0 Å². The fourth-order valence-electron chi connectivity index (χ4n) is 3.89. The molecular weight excluding hydrogens is 386 g/mol. The molecule has 29 heavy (non-hydrogen) atoms. The van der Waals surface area contributed by atoms with Gasteiger partial charge in [0.05, 0.1) is 10.5 Å². The molecule has 0 atom stereocenters. The van der Waals surface area contributed by atoms with E-state index in [1.807, 2.05) is 35.9 Å². The van der Waals surface area contributed by atoms with Gasteiger partial charge in [-0.05, 0) is 37.1 Å². The van der Waals surface area contributed by atoms with Crippen molar-refractivity contribution in [2.75, 3.05) is 18.4 Å². The van der Waals surface area contributed by atoms with Crippen LogP contribution in [0.3, 0.4) is 0 Å². The summed E-state index contributed by atoms with van der Waals surface area (Å²) in [5.74, 6) is -0.258. The first kappa shape index (κ1) is 19.7. The number of fused-ring (bicyclic) bond motifs is 1. The molecule has 1 aliphatic rings. The molecule has 1 saturated heterocycles. The zero-order valence-corrected chi connectivity index (χ0v) is 17.3. The Morgan fingerprint density at radius 1 is 0.966 bits per heavy atom. The van der Waals surface area contributed by atoms with Crippen molar-refractivity contribution >= 4 is 32.5 Å². The second-order valence-corrected chi connectivity index (χ2v) is 9.41. The van der Waals surface area contributed by atoms with E-state index >= 15 is 0 Å². The van der Waals surface area contributed by atoms with Gasteiger partial charge < -0.3 is 9.88 Å². The number of aromatic nitrogens is 1. The summed E-state index contributed by atoms with van der Waals surface area (Å²) in [6.45, 7) is 1.10. The number of anilines is 1. The zero-order chi connectivity index (χ0) is 20.4. The Bertz CT molecular complexity index is 1140. The fourth-order valence-corrected chi connectivity index (χ4v) is 5.45. The van der Waals surface area contributed by atoms with E-state index in [-0.39, 0.29) is 10.8 Å². The number of hydrogen-bond donors (Lipinski definition) is 1. The molecule has 152 valence electrons. The summed E-state index contributed by atoms with van der Waals surface area (Å²) in [5, 5.41) is 3.72. The summed E-state index contributed by atoms with van der Waals surface area (Å²) >= 11 is 0. The number of nitrogens with zero attached hydrogens (tertiary/aromatic N) is 2. The Morgan fingerprint density at radius 3 is 2.45 bits per heavy atom. The van der Waals surface area contributed by atoms with Crippen LogP contribution in [0, 0.1) is 0 Å². The Labute approximate surface area is 171 Å².